The molecule has 5 heteroatoms. The molecule has 0 unspecified atom stereocenters. The molecule has 0 saturated carbocycles. The van der Waals surface area contributed by atoms with E-state index < -0.39 is 6.10 Å². The summed E-state index contributed by atoms with van der Waals surface area (Å²) in [5.41, 5.74) is 6.51. The molecule has 3 N–H and O–H groups in total. The zero-order chi connectivity index (χ0) is 13.7. The molecule has 0 aromatic heterocycles. The molecule has 1 amide bonds. The van der Waals surface area contributed by atoms with E-state index in [1.54, 1.807) is 4.90 Å². The summed E-state index contributed by atoms with van der Waals surface area (Å²) in [4.78, 5) is 13.4. The maximum absolute atomic E-state index is 11.9. The zero-order valence-corrected chi connectivity index (χ0v) is 10.9. The molecule has 0 bridgehead atoms. The van der Waals surface area contributed by atoms with Crippen LogP contribution in [0.25, 0.3) is 0 Å². The molecular formula is C14H20N2O3. The van der Waals surface area contributed by atoms with Gasteiger partial charge in [0.15, 0.2) is 0 Å². The number of amides is 1. The van der Waals surface area contributed by atoms with Crippen LogP contribution < -0.4 is 5.73 Å². The van der Waals surface area contributed by atoms with Crippen LogP contribution in [-0.4, -0.2) is 41.8 Å². The molecule has 1 saturated heterocycles. The Hall–Kier alpha value is -1.59. The number of nitrogens with two attached hydrogens (primary N) is 1. The minimum atomic E-state index is -0.553. The summed E-state index contributed by atoms with van der Waals surface area (Å²) in [6.07, 6.45) is -0.209. The highest BCUT2D eigenvalue weighted by Crippen LogP contribution is 2.17. The quantitative estimate of drug-likeness (QED) is 0.852. The van der Waals surface area contributed by atoms with Gasteiger partial charge in [-0.15, -0.1) is 0 Å². The number of likely N-dealkylation sites (tertiary alicyclic amines) is 1. The molecule has 1 aromatic carbocycles. The third kappa shape index (κ3) is 3.68. The zero-order valence-electron chi connectivity index (χ0n) is 10.9. The average molecular weight is 264 g/mol. The van der Waals surface area contributed by atoms with Crippen molar-refractivity contribution in [1.82, 2.24) is 4.90 Å². The van der Waals surface area contributed by atoms with Crippen LogP contribution in [0.4, 0.5) is 4.79 Å². The first-order valence-electron chi connectivity index (χ1n) is 6.54. The lowest BCUT2D eigenvalue weighted by atomic mass is 9.94. The standard InChI is InChI=1S/C14H20N2O3/c15-8-12-6-7-16(9-13(12)17)14(18)19-10-11-4-2-1-3-5-11/h1-5,12-13,17H,6-10,15H2/t12-,13+/m0/s1. The number of carbonyl (C=O) groups is 1. The van der Waals surface area contributed by atoms with Gasteiger partial charge in [-0.1, -0.05) is 30.3 Å². The fourth-order valence-corrected chi connectivity index (χ4v) is 2.23. The molecule has 5 nitrogen and oxygen atoms in total. The Kier molecular flexibility index (Phi) is 4.76. The van der Waals surface area contributed by atoms with E-state index in [0.717, 1.165) is 12.0 Å². The van der Waals surface area contributed by atoms with Gasteiger partial charge in [0, 0.05) is 12.5 Å². The van der Waals surface area contributed by atoms with Crippen molar-refractivity contribution in [2.24, 2.45) is 11.7 Å². The van der Waals surface area contributed by atoms with Gasteiger partial charge in [-0.05, 0) is 18.5 Å². The van der Waals surface area contributed by atoms with Crippen molar-refractivity contribution in [3.05, 3.63) is 35.9 Å². The van der Waals surface area contributed by atoms with E-state index in [0.29, 0.717) is 19.6 Å². The number of rotatable bonds is 3. The minimum absolute atomic E-state index is 0.0816. The van der Waals surface area contributed by atoms with E-state index in [2.05, 4.69) is 0 Å². The number of hydrogen-bond donors (Lipinski definition) is 2. The molecule has 104 valence electrons. The smallest absolute Gasteiger partial charge is 0.410 e. The van der Waals surface area contributed by atoms with E-state index in [1.165, 1.54) is 0 Å². The first-order valence-corrected chi connectivity index (χ1v) is 6.54. The summed E-state index contributed by atoms with van der Waals surface area (Å²) < 4.78 is 5.23. The van der Waals surface area contributed by atoms with Crippen molar-refractivity contribution < 1.29 is 14.6 Å². The van der Waals surface area contributed by atoms with E-state index in [1.807, 2.05) is 30.3 Å². The van der Waals surface area contributed by atoms with Gasteiger partial charge in [0.1, 0.15) is 6.61 Å². The van der Waals surface area contributed by atoms with Crippen LogP contribution in [0.2, 0.25) is 0 Å². The number of benzene rings is 1. The fourth-order valence-electron chi connectivity index (χ4n) is 2.23. The summed E-state index contributed by atoms with van der Waals surface area (Å²) in [7, 11) is 0. The summed E-state index contributed by atoms with van der Waals surface area (Å²) in [5.74, 6) is 0.0816. The third-order valence-electron chi connectivity index (χ3n) is 3.49. The predicted molar refractivity (Wildman–Crippen MR) is 71.4 cm³/mol. The van der Waals surface area contributed by atoms with E-state index >= 15 is 0 Å². The molecule has 0 spiro atoms. The van der Waals surface area contributed by atoms with Crippen LogP contribution in [0.5, 0.6) is 0 Å². The number of carbonyl (C=O) groups excluding carboxylic acids is 1. The second-order valence-electron chi connectivity index (χ2n) is 4.84. The van der Waals surface area contributed by atoms with Crippen molar-refractivity contribution in [3.8, 4) is 0 Å². The molecule has 2 atom stereocenters. The average Bonchev–Trinajstić information content (AvgIpc) is 2.45. The Morgan fingerprint density at radius 3 is 2.79 bits per heavy atom. The van der Waals surface area contributed by atoms with Crippen LogP contribution in [0.1, 0.15) is 12.0 Å². The Morgan fingerprint density at radius 2 is 2.16 bits per heavy atom. The van der Waals surface area contributed by atoms with Gasteiger partial charge < -0.3 is 20.5 Å². The molecule has 1 aliphatic rings. The molecule has 1 aromatic rings. The molecule has 0 aliphatic carbocycles. The predicted octanol–water partition coefficient (Wildman–Crippen LogP) is 0.965. The van der Waals surface area contributed by atoms with Gasteiger partial charge in [0.25, 0.3) is 0 Å². The second kappa shape index (κ2) is 6.54. The van der Waals surface area contributed by atoms with Crippen LogP contribution >= 0.6 is 0 Å². The van der Waals surface area contributed by atoms with E-state index in [-0.39, 0.29) is 18.6 Å². The number of aliphatic hydroxyl groups excluding tert-OH is 1. The monoisotopic (exact) mass is 264 g/mol. The van der Waals surface area contributed by atoms with Gasteiger partial charge in [-0.2, -0.15) is 0 Å². The number of aliphatic hydroxyl groups is 1. The lowest BCUT2D eigenvalue weighted by Crippen LogP contribution is -2.48. The highest BCUT2D eigenvalue weighted by Gasteiger charge is 2.29. The van der Waals surface area contributed by atoms with Crippen LogP contribution in [0.3, 0.4) is 0 Å². The first kappa shape index (κ1) is 13.8. The van der Waals surface area contributed by atoms with Gasteiger partial charge >= 0.3 is 6.09 Å². The minimum Gasteiger partial charge on any atom is -0.445 e. The lowest BCUT2D eigenvalue weighted by molar-refractivity contribution is 0.0163. The molecule has 0 radical (unpaired) electrons. The van der Waals surface area contributed by atoms with Gasteiger partial charge in [0.05, 0.1) is 12.6 Å². The normalized spacial score (nSPS) is 23.2. The fraction of sp³-hybridized carbons (Fsp3) is 0.500. The molecule has 1 fully saturated rings. The number of piperidine rings is 1. The largest absolute Gasteiger partial charge is 0.445 e. The Balaban J connectivity index is 1.81. The molecular weight excluding hydrogens is 244 g/mol. The molecule has 19 heavy (non-hydrogen) atoms. The maximum Gasteiger partial charge on any atom is 0.410 e. The number of nitrogens with zero attached hydrogens (tertiary/aromatic N) is 1. The van der Waals surface area contributed by atoms with Crippen LogP contribution in [0.15, 0.2) is 30.3 Å². The SMILES string of the molecule is NC[C@@H]1CCN(C(=O)OCc2ccccc2)C[C@H]1O. The van der Waals surface area contributed by atoms with Gasteiger partial charge in [-0.3, -0.25) is 0 Å². The van der Waals surface area contributed by atoms with Crippen molar-refractivity contribution in [1.29, 1.82) is 0 Å². The molecule has 1 heterocycles. The highest BCUT2D eigenvalue weighted by atomic mass is 16.6. The van der Waals surface area contributed by atoms with E-state index in [9.17, 15) is 9.90 Å². The van der Waals surface area contributed by atoms with Crippen LogP contribution in [0, 0.1) is 5.92 Å². The van der Waals surface area contributed by atoms with Crippen molar-refractivity contribution >= 4 is 6.09 Å². The van der Waals surface area contributed by atoms with Crippen LogP contribution in [-0.2, 0) is 11.3 Å². The van der Waals surface area contributed by atoms with Crippen molar-refractivity contribution in [2.75, 3.05) is 19.6 Å². The van der Waals surface area contributed by atoms with Gasteiger partial charge in [-0.25, -0.2) is 4.79 Å². The maximum atomic E-state index is 11.9. The van der Waals surface area contributed by atoms with E-state index in [4.69, 9.17) is 10.5 Å². The molecule has 2 rings (SSSR count). The van der Waals surface area contributed by atoms with Gasteiger partial charge in [0.2, 0.25) is 0 Å². The third-order valence-corrected chi connectivity index (χ3v) is 3.49. The Bertz CT molecular complexity index is 410. The lowest BCUT2D eigenvalue weighted by Gasteiger charge is -2.34. The highest BCUT2D eigenvalue weighted by molar-refractivity contribution is 5.67. The summed E-state index contributed by atoms with van der Waals surface area (Å²) in [6, 6.07) is 9.53. The van der Waals surface area contributed by atoms with Crippen molar-refractivity contribution in [2.45, 2.75) is 19.1 Å². The Labute approximate surface area is 113 Å². The second-order valence-corrected chi connectivity index (χ2v) is 4.84. The summed E-state index contributed by atoms with van der Waals surface area (Å²) in [5, 5.41) is 9.84. The number of β-amino-alcohol motifs (C(OH)–C–C–N with tert-alkyl or cyclic N) is 1. The molecule has 1 aliphatic heterocycles. The topological polar surface area (TPSA) is 75.8 Å². The number of hydrogen-bond acceptors (Lipinski definition) is 4. The summed E-state index contributed by atoms with van der Waals surface area (Å²) in [6.45, 7) is 1.60. The summed E-state index contributed by atoms with van der Waals surface area (Å²) >= 11 is 0. The first-order chi connectivity index (χ1) is 9.20. The Morgan fingerprint density at radius 1 is 1.42 bits per heavy atom. The number of ether oxygens (including phenoxy) is 1. The van der Waals surface area contributed by atoms with Crippen molar-refractivity contribution in [3.63, 3.8) is 0 Å².